The molecule has 8 heteroatoms. The first kappa shape index (κ1) is 59.2. The molecule has 0 aliphatic carbocycles. The number of unbranched alkanes of at least 4 members (excludes halogenated alkanes) is 24. The minimum absolute atomic E-state index is 0. The van der Waals surface area contributed by atoms with Crippen LogP contribution in [0.2, 0.25) is 0 Å². The van der Waals surface area contributed by atoms with E-state index in [0.29, 0.717) is 34.6 Å². The maximum atomic E-state index is 15.5. The number of hydrogen-bond acceptors (Lipinski definition) is 6. The largest absolute Gasteiger partial charge is 0.274 e. The molecule has 6 nitrogen and oxygen atoms in total. The Morgan fingerprint density at radius 3 is 0.864 bits per heavy atom. The Bertz CT molecular complexity index is 3580. The lowest BCUT2D eigenvalue weighted by Crippen LogP contribution is -2.36. The van der Waals surface area contributed by atoms with E-state index >= 15 is 19.2 Å². The molecular formula is C73H94N2O4S2. The first-order chi connectivity index (χ1) is 39.3. The van der Waals surface area contributed by atoms with Crippen LogP contribution >= 0.6 is 22.7 Å². The lowest BCUT2D eigenvalue weighted by Gasteiger charge is -2.25. The smallest absolute Gasteiger partial charge is 0.261 e. The van der Waals surface area contributed by atoms with E-state index < -0.39 is 0 Å². The minimum Gasteiger partial charge on any atom is -0.274 e. The second kappa shape index (κ2) is 27.2. The van der Waals surface area contributed by atoms with Crippen molar-refractivity contribution in [3.05, 3.63) is 88.6 Å². The molecule has 0 amide bonds. The molecule has 0 aliphatic heterocycles. The van der Waals surface area contributed by atoms with Gasteiger partial charge in [0.05, 0.1) is 0 Å². The fraction of sp³-hybridized carbons (Fsp3) is 0.562. The number of nitrogens with zero attached hydrogens (tertiary/aromatic N) is 2. The van der Waals surface area contributed by atoms with Crippen LogP contribution in [0.4, 0.5) is 0 Å². The van der Waals surface area contributed by atoms with Gasteiger partial charge in [-0.15, -0.1) is 22.7 Å². The van der Waals surface area contributed by atoms with E-state index in [4.69, 9.17) is 0 Å². The molecular weight excluding hydrogens is 1030 g/mol. The zero-order valence-electron chi connectivity index (χ0n) is 49.2. The van der Waals surface area contributed by atoms with Crippen molar-refractivity contribution in [2.24, 2.45) is 11.8 Å². The number of fused-ring (bicyclic) bond motifs is 6. The first-order valence-corrected chi connectivity index (χ1v) is 34.3. The number of rotatable bonds is 36. The molecule has 0 saturated carbocycles. The maximum absolute atomic E-state index is 15.5. The van der Waals surface area contributed by atoms with Crippen LogP contribution in [0.15, 0.2) is 66.3 Å². The Balaban J connectivity index is 0.00000736. The van der Waals surface area contributed by atoms with Crippen LogP contribution in [0, 0.1) is 11.8 Å². The molecule has 0 radical (unpaired) electrons. The highest BCUT2D eigenvalue weighted by Gasteiger charge is 2.31. The quantitative estimate of drug-likeness (QED) is 0.0223. The summed E-state index contributed by atoms with van der Waals surface area (Å²) in [4.78, 5) is 62.0. The van der Waals surface area contributed by atoms with Gasteiger partial charge in [-0.3, -0.25) is 28.3 Å². The van der Waals surface area contributed by atoms with Crippen molar-refractivity contribution in [2.75, 3.05) is 0 Å². The highest BCUT2D eigenvalue weighted by molar-refractivity contribution is 7.19. The maximum Gasteiger partial charge on any atom is 0.261 e. The molecule has 432 valence electrons. The van der Waals surface area contributed by atoms with Crippen LogP contribution in [0.25, 0.3) is 106 Å². The molecule has 11 aromatic rings. The fourth-order valence-electron chi connectivity index (χ4n) is 15.1. The SMILES string of the molecule is C.CCCCCCCCCCC(CCCCCCCC)Cn1c(=O)c2cc3c4ccsc4c4cc5c(=O)n(CC(CCCCCCCC)CCCCCCCCCC)c(=O)c6cc7c8ccsc8c8cc(c1=O)c2c1c3c4c(c65)c7c81. The van der Waals surface area contributed by atoms with Crippen molar-refractivity contribution in [3.8, 4) is 0 Å². The summed E-state index contributed by atoms with van der Waals surface area (Å²) < 4.78 is 5.49. The number of thiophene rings is 2. The molecule has 0 N–H and O–H groups in total. The van der Waals surface area contributed by atoms with E-state index in [-0.39, 0.29) is 41.5 Å². The molecule has 7 aromatic carbocycles. The average Bonchev–Trinajstić information content (AvgIpc) is 2.64. The van der Waals surface area contributed by atoms with Crippen molar-refractivity contribution in [2.45, 2.75) is 254 Å². The molecule has 0 aliphatic rings. The van der Waals surface area contributed by atoms with Crippen molar-refractivity contribution in [1.29, 1.82) is 0 Å². The number of pyridine rings is 2. The number of hydrogen-bond donors (Lipinski definition) is 0. The molecule has 2 unspecified atom stereocenters. The third-order valence-electron chi connectivity index (χ3n) is 19.4. The highest BCUT2D eigenvalue weighted by Crippen LogP contribution is 2.56. The summed E-state index contributed by atoms with van der Waals surface area (Å²) in [5.74, 6) is 0.512. The van der Waals surface area contributed by atoms with Crippen LogP contribution in [-0.4, -0.2) is 9.13 Å². The second-order valence-electron chi connectivity index (χ2n) is 25.0. The number of aromatic nitrogens is 2. The van der Waals surface area contributed by atoms with E-state index in [1.165, 1.54) is 154 Å². The van der Waals surface area contributed by atoms with Crippen LogP contribution in [0.5, 0.6) is 0 Å². The van der Waals surface area contributed by atoms with Crippen molar-refractivity contribution in [3.63, 3.8) is 0 Å². The van der Waals surface area contributed by atoms with Gasteiger partial charge in [0.25, 0.3) is 22.2 Å². The summed E-state index contributed by atoms with van der Waals surface area (Å²) in [6.45, 7) is 9.99. The Labute approximate surface area is 489 Å². The van der Waals surface area contributed by atoms with E-state index in [1.54, 1.807) is 31.8 Å². The zero-order chi connectivity index (χ0) is 55.3. The fourth-order valence-corrected chi connectivity index (χ4v) is 16.9. The van der Waals surface area contributed by atoms with Gasteiger partial charge in [-0.05, 0) is 106 Å². The van der Waals surface area contributed by atoms with Gasteiger partial charge in [0, 0.05) is 97.9 Å². The second-order valence-corrected chi connectivity index (χ2v) is 26.9. The Hall–Kier alpha value is -4.92. The van der Waals surface area contributed by atoms with Crippen LogP contribution in [0.3, 0.4) is 0 Å². The van der Waals surface area contributed by atoms with Gasteiger partial charge in [0.2, 0.25) is 0 Å². The first-order valence-electron chi connectivity index (χ1n) is 32.6. The van der Waals surface area contributed by atoms with E-state index in [9.17, 15) is 0 Å². The van der Waals surface area contributed by atoms with Crippen LogP contribution in [0.1, 0.15) is 241 Å². The van der Waals surface area contributed by atoms with Crippen LogP contribution in [-0.2, 0) is 13.1 Å². The standard InChI is InChI=1S/C72H90N2O4S2.CH4/c1-5-9-13-17-21-23-27-31-35-47(33-29-25-19-15-11-7-3)45-73-69(75)55-41-51-49-37-39-80-68(49)54-44-58-60-56(70(76)74(72(58)78)46-48(34-30-26-20-16-12-8-4)36-32-28-24-22-18-14-10-6-2)42-52-50-38-40-79-67(50)53-43-57(71(73)77)59(55)65-61(51)64(54)66(60)62(52)63(53)65;/h37-44,47-48H,5-36,45-46H2,1-4H3;1H4. The van der Waals surface area contributed by atoms with E-state index in [0.717, 1.165) is 136 Å². The van der Waals surface area contributed by atoms with Crippen molar-refractivity contribution < 1.29 is 0 Å². The molecule has 0 fully saturated rings. The normalized spacial score (nSPS) is 13.4. The lowest BCUT2D eigenvalue weighted by molar-refractivity contribution is 0.350. The topological polar surface area (TPSA) is 78.1 Å². The Kier molecular flexibility index (Phi) is 19.9. The molecule has 81 heavy (non-hydrogen) atoms. The van der Waals surface area contributed by atoms with E-state index in [1.807, 2.05) is 0 Å². The predicted octanol–water partition coefficient (Wildman–Crippen LogP) is 22.0. The third kappa shape index (κ3) is 11.5. The van der Waals surface area contributed by atoms with Gasteiger partial charge in [-0.25, -0.2) is 0 Å². The molecule has 11 rings (SSSR count). The van der Waals surface area contributed by atoms with Gasteiger partial charge in [0.1, 0.15) is 0 Å². The predicted molar refractivity (Wildman–Crippen MR) is 358 cm³/mol. The van der Waals surface area contributed by atoms with E-state index in [2.05, 4.69) is 74.9 Å². The molecule has 0 spiro atoms. The van der Waals surface area contributed by atoms with Gasteiger partial charge >= 0.3 is 0 Å². The highest BCUT2D eigenvalue weighted by atomic mass is 32.1. The van der Waals surface area contributed by atoms with Crippen molar-refractivity contribution >= 4 is 129 Å². The molecule has 0 saturated heterocycles. The van der Waals surface area contributed by atoms with Gasteiger partial charge in [-0.1, -0.05) is 215 Å². The summed E-state index contributed by atoms with van der Waals surface area (Å²) in [7, 11) is 0. The van der Waals surface area contributed by atoms with Crippen molar-refractivity contribution in [1.82, 2.24) is 9.13 Å². The van der Waals surface area contributed by atoms with Gasteiger partial charge in [-0.2, -0.15) is 0 Å². The summed E-state index contributed by atoms with van der Waals surface area (Å²) in [6.07, 6.45) is 39.0. The molecule has 4 aromatic heterocycles. The van der Waals surface area contributed by atoms with Gasteiger partial charge in [0.15, 0.2) is 0 Å². The van der Waals surface area contributed by atoms with Crippen LogP contribution < -0.4 is 22.2 Å². The average molecular weight is 1130 g/mol. The molecule has 4 heterocycles. The molecule has 2 atom stereocenters. The summed E-state index contributed by atoms with van der Waals surface area (Å²) in [5, 5.41) is 20.7. The Morgan fingerprint density at radius 1 is 0.309 bits per heavy atom. The summed E-state index contributed by atoms with van der Waals surface area (Å²) in [5.41, 5.74) is -0.687. The zero-order valence-corrected chi connectivity index (χ0v) is 50.8. The van der Waals surface area contributed by atoms with Gasteiger partial charge < -0.3 is 0 Å². The summed E-state index contributed by atoms with van der Waals surface area (Å²) in [6, 6.07) is 12.9. The lowest BCUT2D eigenvalue weighted by atomic mass is 9.79. The molecule has 0 bridgehead atoms. The summed E-state index contributed by atoms with van der Waals surface area (Å²) >= 11 is 3.38. The number of benzene rings is 7. The third-order valence-corrected chi connectivity index (χ3v) is 21.3. The Morgan fingerprint density at radius 2 is 0.568 bits per heavy atom. The minimum atomic E-state index is -0.172. The monoisotopic (exact) mass is 1130 g/mol.